The minimum atomic E-state index is -4.13. The lowest BCUT2D eigenvalue weighted by atomic mass is 10.2. The van der Waals surface area contributed by atoms with Crippen molar-refractivity contribution in [2.45, 2.75) is 11.8 Å². The summed E-state index contributed by atoms with van der Waals surface area (Å²) in [5, 5.41) is 8.76. The molecule has 1 aliphatic rings. The molecular weight excluding hydrogens is 466 g/mol. The Hall–Kier alpha value is -4.15. The highest BCUT2D eigenvalue weighted by Gasteiger charge is 2.63. The summed E-state index contributed by atoms with van der Waals surface area (Å²) >= 11 is 0. The second-order valence-electron chi connectivity index (χ2n) is 8.06. The summed E-state index contributed by atoms with van der Waals surface area (Å²) in [7, 11) is 1.36. The lowest BCUT2D eigenvalue weighted by Crippen LogP contribution is -2.38. The van der Waals surface area contributed by atoms with Gasteiger partial charge in [0.25, 0.3) is 0 Å². The predicted molar refractivity (Wildman–Crippen MR) is 121 cm³/mol. The van der Waals surface area contributed by atoms with Gasteiger partial charge >= 0.3 is 11.8 Å². The van der Waals surface area contributed by atoms with E-state index >= 15 is 0 Å². The Morgan fingerprint density at radius 1 is 0.914 bits per heavy atom. The van der Waals surface area contributed by atoms with E-state index in [9.17, 15) is 22.4 Å². The number of nitrogens with zero attached hydrogens (tertiary/aromatic N) is 5. The topological polar surface area (TPSA) is 65.2 Å². The zero-order valence-electron chi connectivity index (χ0n) is 18.4. The van der Waals surface area contributed by atoms with Gasteiger partial charge in [-0.25, -0.2) is 9.36 Å². The molecule has 3 heterocycles. The highest BCUT2D eigenvalue weighted by Crippen LogP contribution is 2.43. The number of benzene rings is 2. The molecule has 2 aromatic heterocycles. The lowest BCUT2D eigenvalue weighted by molar-refractivity contribution is -0.172. The van der Waals surface area contributed by atoms with E-state index in [1.165, 1.54) is 42.3 Å². The number of halogens is 4. The fourth-order valence-corrected chi connectivity index (χ4v) is 3.98. The van der Waals surface area contributed by atoms with Gasteiger partial charge in [-0.1, -0.05) is 18.2 Å². The Bertz CT molecular complexity index is 1420. The number of ether oxygens (including phenoxy) is 1. The van der Waals surface area contributed by atoms with E-state index in [-0.39, 0.29) is 22.6 Å². The molecule has 0 radical (unpaired) electrons. The molecule has 1 aliphatic heterocycles. The number of anilines is 1. The first-order valence-electron chi connectivity index (χ1n) is 10.6. The van der Waals surface area contributed by atoms with E-state index in [4.69, 9.17) is 4.74 Å². The summed E-state index contributed by atoms with van der Waals surface area (Å²) in [4.78, 5) is 13.6. The highest BCUT2D eigenvalue weighted by atomic mass is 19.3. The van der Waals surface area contributed by atoms with Gasteiger partial charge in [0, 0.05) is 24.0 Å². The van der Waals surface area contributed by atoms with Gasteiger partial charge in [-0.15, -0.1) is 0 Å². The summed E-state index contributed by atoms with van der Waals surface area (Å²) in [6.07, 6.45) is 2.99. The summed E-state index contributed by atoms with van der Waals surface area (Å²) in [5.41, 5.74) is 1.54. The van der Waals surface area contributed by atoms with Gasteiger partial charge in [-0.3, -0.25) is 4.79 Å². The van der Waals surface area contributed by atoms with E-state index in [0.717, 1.165) is 10.6 Å². The monoisotopic (exact) mass is 485 g/mol. The number of para-hydroxylation sites is 1. The van der Waals surface area contributed by atoms with E-state index in [0.29, 0.717) is 11.4 Å². The maximum atomic E-state index is 13.7. The number of methoxy groups -OCH3 is 1. The molecule has 0 atom stereocenters. The SMILES string of the molecule is COc1cc(N2CC(F)(F)C(F)(F)C2)ccc1-n1ccc(=O)c(-c2ccnn2-c2ccccc2)n1. The minimum absolute atomic E-state index is 0.124. The van der Waals surface area contributed by atoms with Crippen molar-refractivity contribution in [2.75, 3.05) is 25.1 Å². The molecule has 2 aromatic carbocycles. The maximum absolute atomic E-state index is 13.7. The molecule has 0 spiro atoms. The third-order valence-electron chi connectivity index (χ3n) is 5.78. The molecule has 0 N–H and O–H groups in total. The quantitative estimate of drug-likeness (QED) is 0.397. The van der Waals surface area contributed by atoms with Crippen molar-refractivity contribution in [2.24, 2.45) is 0 Å². The van der Waals surface area contributed by atoms with Crippen LogP contribution in [-0.4, -0.2) is 51.6 Å². The standard InChI is InChI=1S/C24H19F4N5O2/c1-35-21-13-17(31-14-23(25,26)24(27,28)15-31)7-8-18(21)32-12-10-20(34)22(30-32)19-9-11-29-33(19)16-5-3-2-4-6-16/h2-13H,14-15H2,1H3. The Kier molecular flexibility index (Phi) is 5.34. The van der Waals surface area contributed by atoms with Crippen LogP contribution >= 0.6 is 0 Å². The Morgan fingerprint density at radius 3 is 2.31 bits per heavy atom. The van der Waals surface area contributed by atoms with Gasteiger partial charge in [0.2, 0.25) is 5.43 Å². The molecule has 11 heteroatoms. The van der Waals surface area contributed by atoms with Gasteiger partial charge in [-0.2, -0.15) is 27.8 Å². The normalized spacial score (nSPS) is 16.4. The smallest absolute Gasteiger partial charge is 0.329 e. The van der Waals surface area contributed by atoms with Crippen molar-refractivity contribution >= 4 is 5.69 Å². The molecular formula is C24H19F4N5O2. The van der Waals surface area contributed by atoms with E-state index in [1.54, 1.807) is 16.9 Å². The van der Waals surface area contributed by atoms with Crippen LogP contribution in [0.4, 0.5) is 23.2 Å². The van der Waals surface area contributed by atoms with Gasteiger partial charge < -0.3 is 9.64 Å². The average Bonchev–Trinajstić information content (AvgIpc) is 3.41. The van der Waals surface area contributed by atoms with Crippen LogP contribution in [0.25, 0.3) is 22.8 Å². The van der Waals surface area contributed by atoms with Gasteiger partial charge in [0.1, 0.15) is 11.4 Å². The largest absolute Gasteiger partial charge is 0.494 e. The van der Waals surface area contributed by atoms with Gasteiger partial charge in [-0.05, 0) is 30.3 Å². The molecule has 0 saturated carbocycles. The van der Waals surface area contributed by atoms with Crippen LogP contribution in [0.15, 0.2) is 77.9 Å². The van der Waals surface area contributed by atoms with E-state index in [2.05, 4.69) is 10.2 Å². The second-order valence-corrected chi connectivity index (χ2v) is 8.06. The highest BCUT2D eigenvalue weighted by molar-refractivity contribution is 5.61. The van der Waals surface area contributed by atoms with Crippen LogP contribution in [0.1, 0.15) is 0 Å². The Labute approximate surface area is 196 Å². The van der Waals surface area contributed by atoms with Crippen LogP contribution in [0.3, 0.4) is 0 Å². The number of hydrogen-bond acceptors (Lipinski definition) is 5. The number of rotatable bonds is 5. The molecule has 0 bridgehead atoms. The summed E-state index contributed by atoms with van der Waals surface area (Å²) in [5.74, 6) is -8.05. The minimum Gasteiger partial charge on any atom is -0.494 e. The molecule has 7 nitrogen and oxygen atoms in total. The zero-order chi connectivity index (χ0) is 24.8. The van der Waals surface area contributed by atoms with E-state index in [1.807, 2.05) is 30.3 Å². The molecule has 180 valence electrons. The van der Waals surface area contributed by atoms with Crippen LogP contribution in [0.2, 0.25) is 0 Å². The van der Waals surface area contributed by atoms with Crippen LogP contribution in [0.5, 0.6) is 5.75 Å². The molecule has 0 amide bonds. The fourth-order valence-electron chi connectivity index (χ4n) is 3.98. The van der Waals surface area contributed by atoms with Crippen molar-refractivity contribution in [3.8, 4) is 28.5 Å². The van der Waals surface area contributed by atoms with Crippen molar-refractivity contribution < 1.29 is 22.3 Å². The van der Waals surface area contributed by atoms with Crippen molar-refractivity contribution in [3.05, 3.63) is 83.3 Å². The molecule has 1 fully saturated rings. The Morgan fingerprint density at radius 2 is 1.63 bits per heavy atom. The molecule has 1 saturated heterocycles. The summed E-state index contributed by atoms with van der Waals surface area (Å²) < 4.78 is 63.1. The number of alkyl halides is 4. The molecule has 5 rings (SSSR count). The third-order valence-corrected chi connectivity index (χ3v) is 5.78. The predicted octanol–water partition coefficient (Wildman–Crippen LogP) is 4.18. The first kappa shape index (κ1) is 22.6. The summed E-state index contributed by atoms with van der Waals surface area (Å²) in [6, 6.07) is 16.6. The maximum Gasteiger partial charge on any atom is 0.329 e. The third kappa shape index (κ3) is 3.92. The zero-order valence-corrected chi connectivity index (χ0v) is 18.4. The molecule has 0 unspecified atom stereocenters. The van der Waals surface area contributed by atoms with Crippen LogP contribution in [-0.2, 0) is 0 Å². The van der Waals surface area contributed by atoms with Crippen molar-refractivity contribution in [3.63, 3.8) is 0 Å². The van der Waals surface area contributed by atoms with Gasteiger partial charge in [0.15, 0.2) is 5.69 Å². The van der Waals surface area contributed by atoms with Gasteiger partial charge in [0.05, 0.1) is 37.8 Å². The van der Waals surface area contributed by atoms with Crippen molar-refractivity contribution in [1.29, 1.82) is 0 Å². The van der Waals surface area contributed by atoms with E-state index < -0.39 is 24.9 Å². The van der Waals surface area contributed by atoms with Crippen molar-refractivity contribution in [1.82, 2.24) is 19.6 Å². The first-order valence-corrected chi connectivity index (χ1v) is 10.6. The summed E-state index contributed by atoms with van der Waals surface area (Å²) in [6.45, 7) is -2.21. The fraction of sp³-hybridized carbons (Fsp3) is 0.208. The molecule has 0 aliphatic carbocycles. The second kappa shape index (κ2) is 8.26. The Balaban J connectivity index is 1.54. The first-order chi connectivity index (χ1) is 16.7. The molecule has 4 aromatic rings. The van der Waals surface area contributed by atoms with Crippen LogP contribution < -0.4 is 15.1 Å². The lowest BCUT2D eigenvalue weighted by Gasteiger charge is -2.20. The average molecular weight is 485 g/mol. The van der Waals surface area contributed by atoms with Crippen LogP contribution in [0, 0.1) is 0 Å². The molecule has 35 heavy (non-hydrogen) atoms. The number of hydrogen-bond donors (Lipinski definition) is 0. The number of aromatic nitrogens is 4.